The summed E-state index contributed by atoms with van der Waals surface area (Å²) in [4.78, 5) is 22.8. The molecule has 0 saturated heterocycles. The average Bonchev–Trinajstić information content (AvgIpc) is 2.46. The molecule has 1 amide bonds. The monoisotopic (exact) mass is 295 g/mol. The van der Waals surface area contributed by atoms with Crippen LogP contribution in [0.2, 0.25) is 0 Å². The minimum absolute atomic E-state index is 0.0932. The summed E-state index contributed by atoms with van der Waals surface area (Å²) in [7, 11) is 3.11. The molecular formula is C15H21NO5. The summed E-state index contributed by atoms with van der Waals surface area (Å²) in [5.41, 5.74) is 0.806. The molecule has 0 unspecified atom stereocenters. The number of hydrogen-bond acceptors (Lipinski definition) is 4. The maximum Gasteiger partial charge on any atom is 0.303 e. The SMILES string of the molecule is COCCNC(=O)C[C@H](CC(=O)O)c1ccc(OC)cc1. The van der Waals surface area contributed by atoms with E-state index in [0.717, 1.165) is 5.56 Å². The number of carboxylic acid groups (broad SMARTS) is 1. The second kappa shape index (κ2) is 8.97. The van der Waals surface area contributed by atoms with Crippen LogP contribution in [0.4, 0.5) is 0 Å². The third-order valence-corrected chi connectivity index (χ3v) is 3.07. The van der Waals surface area contributed by atoms with E-state index in [1.165, 1.54) is 0 Å². The first-order chi connectivity index (χ1) is 10.1. The summed E-state index contributed by atoms with van der Waals surface area (Å²) >= 11 is 0. The lowest BCUT2D eigenvalue weighted by Gasteiger charge is -2.15. The van der Waals surface area contributed by atoms with Crippen LogP contribution in [0.1, 0.15) is 24.3 Å². The Labute approximate surface area is 124 Å². The molecule has 6 nitrogen and oxygen atoms in total. The van der Waals surface area contributed by atoms with Gasteiger partial charge < -0.3 is 19.9 Å². The Morgan fingerprint density at radius 2 is 1.86 bits per heavy atom. The number of hydrogen-bond donors (Lipinski definition) is 2. The van der Waals surface area contributed by atoms with E-state index in [2.05, 4.69) is 5.32 Å². The molecule has 21 heavy (non-hydrogen) atoms. The lowest BCUT2D eigenvalue weighted by Crippen LogP contribution is -2.28. The van der Waals surface area contributed by atoms with Crippen molar-refractivity contribution >= 4 is 11.9 Å². The first-order valence-electron chi connectivity index (χ1n) is 6.68. The van der Waals surface area contributed by atoms with Crippen molar-refractivity contribution in [2.45, 2.75) is 18.8 Å². The zero-order valence-electron chi connectivity index (χ0n) is 12.3. The normalized spacial score (nSPS) is 11.7. The average molecular weight is 295 g/mol. The number of ether oxygens (including phenoxy) is 2. The molecule has 6 heteroatoms. The van der Waals surface area contributed by atoms with Crippen LogP contribution >= 0.6 is 0 Å². The van der Waals surface area contributed by atoms with Crippen molar-refractivity contribution in [3.8, 4) is 5.75 Å². The van der Waals surface area contributed by atoms with E-state index < -0.39 is 5.97 Å². The molecule has 1 aromatic rings. The van der Waals surface area contributed by atoms with E-state index >= 15 is 0 Å². The fraction of sp³-hybridized carbons (Fsp3) is 0.467. The van der Waals surface area contributed by atoms with Crippen molar-refractivity contribution in [3.05, 3.63) is 29.8 Å². The number of benzene rings is 1. The predicted octanol–water partition coefficient (Wildman–Crippen LogP) is 1.41. The van der Waals surface area contributed by atoms with Crippen LogP contribution in [0.5, 0.6) is 5.75 Å². The maximum atomic E-state index is 11.8. The van der Waals surface area contributed by atoms with Crippen LogP contribution in [-0.4, -0.2) is 44.4 Å². The van der Waals surface area contributed by atoms with Crippen LogP contribution in [0, 0.1) is 0 Å². The highest BCUT2D eigenvalue weighted by Crippen LogP contribution is 2.25. The van der Waals surface area contributed by atoms with Gasteiger partial charge in [0, 0.05) is 26.0 Å². The van der Waals surface area contributed by atoms with Crippen molar-refractivity contribution < 1.29 is 24.2 Å². The minimum Gasteiger partial charge on any atom is -0.497 e. The lowest BCUT2D eigenvalue weighted by atomic mass is 9.92. The van der Waals surface area contributed by atoms with Gasteiger partial charge in [0.05, 0.1) is 20.1 Å². The Hall–Kier alpha value is -2.08. The van der Waals surface area contributed by atoms with Gasteiger partial charge in [-0.15, -0.1) is 0 Å². The fourth-order valence-electron chi connectivity index (χ4n) is 1.98. The Morgan fingerprint density at radius 3 is 2.38 bits per heavy atom. The van der Waals surface area contributed by atoms with Gasteiger partial charge >= 0.3 is 5.97 Å². The molecule has 0 bridgehead atoms. The third-order valence-electron chi connectivity index (χ3n) is 3.07. The van der Waals surface area contributed by atoms with Gasteiger partial charge in [-0.25, -0.2) is 0 Å². The molecule has 2 N–H and O–H groups in total. The molecule has 116 valence electrons. The summed E-state index contributed by atoms with van der Waals surface area (Å²) in [6.07, 6.45) is 0.0341. The molecular weight excluding hydrogens is 274 g/mol. The fourth-order valence-corrected chi connectivity index (χ4v) is 1.98. The van der Waals surface area contributed by atoms with Gasteiger partial charge in [-0.2, -0.15) is 0 Å². The molecule has 0 aliphatic heterocycles. The van der Waals surface area contributed by atoms with E-state index in [0.29, 0.717) is 18.9 Å². The predicted molar refractivity (Wildman–Crippen MR) is 77.5 cm³/mol. The second-order valence-corrected chi connectivity index (χ2v) is 4.61. The van der Waals surface area contributed by atoms with Gasteiger partial charge in [0.2, 0.25) is 5.91 Å². The van der Waals surface area contributed by atoms with Gasteiger partial charge in [-0.05, 0) is 17.7 Å². The number of carboxylic acids is 1. The van der Waals surface area contributed by atoms with Crippen molar-refractivity contribution in [1.82, 2.24) is 5.32 Å². The third kappa shape index (κ3) is 6.27. The highest BCUT2D eigenvalue weighted by molar-refractivity contribution is 5.78. The summed E-state index contributed by atoms with van der Waals surface area (Å²) in [6, 6.07) is 7.09. The molecule has 1 rings (SSSR count). The summed E-state index contributed by atoms with van der Waals surface area (Å²) < 4.78 is 9.92. The molecule has 0 aliphatic rings. The van der Waals surface area contributed by atoms with E-state index in [1.807, 2.05) is 0 Å². The van der Waals surface area contributed by atoms with Gasteiger partial charge in [0.25, 0.3) is 0 Å². The summed E-state index contributed by atoms with van der Waals surface area (Å²) in [6.45, 7) is 0.843. The van der Waals surface area contributed by atoms with E-state index in [4.69, 9.17) is 14.6 Å². The Balaban J connectivity index is 2.70. The van der Waals surface area contributed by atoms with Crippen molar-refractivity contribution in [2.24, 2.45) is 0 Å². The number of nitrogens with one attached hydrogen (secondary N) is 1. The van der Waals surface area contributed by atoms with Crippen LogP contribution in [0.25, 0.3) is 0 Å². The molecule has 0 fully saturated rings. The van der Waals surface area contributed by atoms with Gasteiger partial charge in [0.1, 0.15) is 5.75 Å². The zero-order valence-corrected chi connectivity index (χ0v) is 12.3. The van der Waals surface area contributed by atoms with E-state index in [9.17, 15) is 9.59 Å². The smallest absolute Gasteiger partial charge is 0.303 e. The molecule has 0 aromatic heterocycles. The molecule has 0 spiro atoms. The van der Waals surface area contributed by atoms with Gasteiger partial charge in [-0.1, -0.05) is 12.1 Å². The van der Waals surface area contributed by atoms with Crippen LogP contribution < -0.4 is 10.1 Å². The van der Waals surface area contributed by atoms with Crippen molar-refractivity contribution in [1.29, 1.82) is 0 Å². The molecule has 0 heterocycles. The highest BCUT2D eigenvalue weighted by atomic mass is 16.5. The Morgan fingerprint density at radius 1 is 1.19 bits per heavy atom. The van der Waals surface area contributed by atoms with Crippen molar-refractivity contribution in [2.75, 3.05) is 27.4 Å². The Kier molecular flexibility index (Phi) is 7.25. The number of rotatable bonds is 9. The quantitative estimate of drug-likeness (QED) is 0.673. The molecule has 1 aromatic carbocycles. The van der Waals surface area contributed by atoms with E-state index in [-0.39, 0.29) is 24.7 Å². The standard InChI is InChI=1S/C15H21NO5/c1-20-8-7-16-14(17)9-12(10-15(18)19)11-3-5-13(21-2)6-4-11/h3-6,12H,7-10H2,1-2H3,(H,16,17)(H,18,19)/t12-/m1/s1. The molecule has 0 radical (unpaired) electrons. The molecule has 1 atom stereocenters. The van der Waals surface area contributed by atoms with Gasteiger partial charge in [-0.3, -0.25) is 9.59 Å². The highest BCUT2D eigenvalue weighted by Gasteiger charge is 2.19. The summed E-state index contributed by atoms with van der Waals surface area (Å²) in [5.74, 6) is -0.789. The topological polar surface area (TPSA) is 84.9 Å². The zero-order chi connectivity index (χ0) is 15.7. The first-order valence-corrected chi connectivity index (χ1v) is 6.68. The maximum absolute atomic E-state index is 11.8. The number of methoxy groups -OCH3 is 2. The Bertz CT molecular complexity index is 458. The molecule has 0 aliphatic carbocycles. The lowest BCUT2D eigenvalue weighted by molar-refractivity contribution is -0.137. The number of carbonyl (C=O) groups is 2. The van der Waals surface area contributed by atoms with Crippen LogP contribution in [0.15, 0.2) is 24.3 Å². The number of carbonyl (C=O) groups excluding carboxylic acids is 1. The van der Waals surface area contributed by atoms with Crippen LogP contribution in [0.3, 0.4) is 0 Å². The van der Waals surface area contributed by atoms with Gasteiger partial charge in [0.15, 0.2) is 0 Å². The second-order valence-electron chi connectivity index (χ2n) is 4.61. The number of amides is 1. The van der Waals surface area contributed by atoms with E-state index in [1.54, 1.807) is 38.5 Å². The van der Waals surface area contributed by atoms with Crippen molar-refractivity contribution in [3.63, 3.8) is 0 Å². The number of aliphatic carboxylic acids is 1. The largest absolute Gasteiger partial charge is 0.497 e. The first kappa shape index (κ1) is 17.0. The minimum atomic E-state index is -0.930. The summed E-state index contributed by atoms with van der Waals surface area (Å²) in [5, 5.41) is 11.7. The molecule has 0 saturated carbocycles. The van der Waals surface area contributed by atoms with Crippen LogP contribution in [-0.2, 0) is 14.3 Å².